The van der Waals surface area contributed by atoms with Gasteiger partial charge in [-0.15, -0.1) is 0 Å². The number of hydrogen-bond acceptors (Lipinski definition) is 5. The molecular weight excluding hydrogens is 553 g/mol. The first-order chi connectivity index (χ1) is 19.2. The molecule has 1 saturated heterocycles. The molecule has 12 heteroatoms. The van der Waals surface area contributed by atoms with Crippen LogP contribution < -0.4 is 10.6 Å². The number of amides is 2. The van der Waals surface area contributed by atoms with Crippen LogP contribution in [0.4, 0.5) is 19.0 Å². The number of halogens is 3. The number of hydrogen-bond donors (Lipinski definition) is 2. The molecule has 1 aromatic carbocycles. The SMILES string of the molecule is CC(C)(C)[Si](C)(C)OCc1nn(C2CCOCC2)c2c1[C@@H](C1CC1)[C@H](NC(=O)c1cccc(C(F)(F)F)c1)C(=O)N2. The number of carbonyl (C=O) groups is 2. The van der Waals surface area contributed by atoms with Gasteiger partial charge < -0.3 is 19.8 Å². The molecule has 2 aromatic rings. The van der Waals surface area contributed by atoms with Crippen LogP contribution in [0, 0.1) is 5.92 Å². The van der Waals surface area contributed by atoms with E-state index in [9.17, 15) is 22.8 Å². The zero-order valence-electron chi connectivity index (χ0n) is 24.2. The minimum absolute atomic E-state index is 0.0120. The largest absolute Gasteiger partial charge is 0.416 e. The Morgan fingerprint density at radius 1 is 1.17 bits per heavy atom. The molecule has 0 unspecified atom stereocenters. The second-order valence-corrected chi connectivity index (χ2v) is 17.7. The van der Waals surface area contributed by atoms with Crippen LogP contribution in [-0.4, -0.2) is 49.2 Å². The van der Waals surface area contributed by atoms with E-state index in [0.29, 0.717) is 19.0 Å². The molecule has 224 valence electrons. The van der Waals surface area contributed by atoms with E-state index in [-0.39, 0.29) is 41.0 Å². The quantitative estimate of drug-likeness (QED) is 0.384. The predicted molar refractivity (Wildman–Crippen MR) is 150 cm³/mol. The highest BCUT2D eigenvalue weighted by molar-refractivity contribution is 6.74. The van der Waals surface area contributed by atoms with Crippen molar-refractivity contribution in [1.29, 1.82) is 0 Å². The molecule has 2 N–H and O–H groups in total. The van der Waals surface area contributed by atoms with Crippen molar-refractivity contribution in [1.82, 2.24) is 15.1 Å². The smallest absolute Gasteiger partial charge is 0.411 e. The zero-order valence-corrected chi connectivity index (χ0v) is 25.2. The van der Waals surface area contributed by atoms with E-state index in [1.54, 1.807) is 0 Å². The van der Waals surface area contributed by atoms with Crippen molar-refractivity contribution in [3.8, 4) is 0 Å². The van der Waals surface area contributed by atoms with Crippen LogP contribution >= 0.6 is 0 Å². The molecule has 0 radical (unpaired) electrons. The first kappa shape index (κ1) is 29.8. The average Bonchev–Trinajstić information content (AvgIpc) is 3.68. The molecule has 41 heavy (non-hydrogen) atoms. The van der Waals surface area contributed by atoms with Crippen molar-refractivity contribution < 1.29 is 31.9 Å². The van der Waals surface area contributed by atoms with Gasteiger partial charge in [-0.2, -0.15) is 18.3 Å². The topological polar surface area (TPSA) is 94.5 Å². The van der Waals surface area contributed by atoms with Gasteiger partial charge in [0.05, 0.1) is 23.9 Å². The molecule has 0 spiro atoms. The Kier molecular flexibility index (Phi) is 7.88. The summed E-state index contributed by atoms with van der Waals surface area (Å²) in [4.78, 5) is 26.8. The summed E-state index contributed by atoms with van der Waals surface area (Å²) >= 11 is 0. The monoisotopic (exact) mass is 592 g/mol. The Bertz CT molecular complexity index is 1310. The van der Waals surface area contributed by atoms with E-state index >= 15 is 0 Å². The maximum atomic E-state index is 13.6. The van der Waals surface area contributed by atoms with Crippen LogP contribution in [-0.2, 0) is 26.7 Å². The van der Waals surface area contributed by atoms with Gasteiger partial charge in [-0.05, 0) is 67.9 Å². The van der Waals surface area contributed by atoms with Gasteiger partial charge in [0.2, 0.25) is 5.91 Å². The Morgan fingerprint density at radius 3 is 2.46 bits per heavy atom. The van der Waals surface area contributed by atoms with Crippen LogP contribution in [0.3, 0.4) is 0 Å². The lowest BCUT2D eigenvalue weighted by Gasteiger charge is -2.36. The maximum Gasteiger partial charge on any atom is 0.416 e. The van der Waals surface area contributed by atoms with Gasteiger partial charge >= 0.3 is 6.18 Å². The van der Waals surface area contributed by atoms with Crippen molar-refractivity contribution in [3.05, 3.63) is 46.6 Å². The molecular formula is C29H39F3N4O4Si. The van der Waals surface area contributed by atoms with E-state index in [1.165, 1.54) is 12.1 Å². The van der Waals surface area contributed by atoms with Gasteiger partial charge in [0.1, 0.15) is 11.9 Å². The Balaban J connectivity index is 1.50. The first-order valence-corrected chi connectivity index (χ1v) is 17.2. The summed E-state index contributed by atoms with van der Waals surface area (Å²) in [6.45, 7) is 12.3. The van der Waals surface area contributed by atoms with Crippen molar-refractivity contribution in [2.24, 2.45) is 5.92 Å². The molecule has 2 aliphatic heterocycles. The van der Waals surface area contributed by atoms with Crippen molar-refractivity contribution >= 4 is 25.9 Å². The number of anilines is 1. The molecule has 5 rings (SSSR count). The summed E-state index contributed by atoms with van der Waals surface area (Å²) in [6, 6.07) is 3.36. The summed E-state index contributed by atoms with van der Waals surface area (Å²) in [6.07, 6.45) is -1.29. The summed E-state index contributed by atoms with van der Waals surface area (Å²) in [5, 5.41) is 10.8. The molecule has 3 aliphatic rings. The molecule has 3 heterocycles. The maximum absolute atomic E-state index is 13.6. The number of carbonyl (C=O) groups excluding carboxylic acids is 2. The molecule has 2 amide bonds. The van der Waals surface area contributed by atoms with E-state index < -0.39 is 32.0 Å². The third-order valence-electron chi connectivity index (χ3n) is 9.02. The predicted octanol–water partition coefficient (Wildman–Crippen LogP) is 6.02. The number of benzene rings is 1. The fourth-order valence-corrected chi connectivity index (χ4v) is 6.37. The van der Waals surface area contributed by atoms with Crippen LogP contribution in [0.25, 0.3) is 0 Å². The number of nitrogens with one attached hydrogen (secondary N) is 2. The van der Waals surface area contributed by atoms with E-state index in [4.69, 9.17) is 14.3 Å². The van der Waals surface area contributed by atoms with Crippen LogP contribution in [0.2, 0.25) is 18.1 Å². The number of aromatic nitrogens is 2. The van der Waals surface area contributed by atoms with Crippen molar-refractivity contribution in [3.63, 3.8) is 0 Å². The van der Waals surface area contributed by atoms with Crippen molar-refractivity contribution in [2.45, 2.75) is 95.4 Å². The van der Waals surface area contributed by atoms with Crippen LogP contribution in [0.15, 0.2) is 24.3 Å². The van der Waals surface area contributed by atoms with Gasteiger partial charge in [-0.3, -0.25) is 9.59 Å². The third kappa shape index (κ3) is 6.10. The Hall–Kier alpha value is -2.70. The second-order valence-electron chi connectivity index (χ2n) is 12.9. The van der Waals surface area contributed by atoms with Crippen LogP contribution in [0.5, 0.6) is 0 Å². The highest BCUT2D eigenvalue weighted by atomic mass is 28.4. The average molecular weight is 593 g/mol. The van der Waals surface area contributed by atoms with Gasteiger partial charge in [0.25, 0.3) is 5.91 Å². The standard InChI is InChI=1S/C29H39F3N4O4Si/c1-28(2,3)41(4,5)40-16-21-23-22(17-9-10-17)24(33-26(37)18-7-6-8-19(15-18)29(30,31)32)27(38)34-25(23)36(35-21)20-11-13-39-14-12-20/h6-8,15,17,20,22,24H,9-14,16H2,1-5H3,(H,33,37)(H,34,38)/t22-,24+/m1/s1. The fraction of sp³-hybridized carbons (Fsp3) is 0.621. The van der Waals surface area contributed by atoms with Crippen molar-refractivity contribution in [2.75, 3.05) is 18.5 Å². The molecule has 1 aliphatic carbocycles. The molecule has 2 atom stereocenters. The molecule has 0 bridgehead atoms. The highest BCUT2D eigenvalue weighted by Crippen LogP contribution is 2.51. The fourth-order valence-electron chi connectivity index (χ4n) is 5.44. The summed E-state index contributed by atoms with van der Waals surface area (Å²) in [5.41, 5.74) is 0.549. The first-order valence-electron chi connectivity index (χ1n) is 14.3. The lowest BCUT2D eigenvalue weighted by atomic mass is 9.83. The lowest BCUT2D eigenvalue weighted by molar-refractivity contribution is -0.137. The Morgan fingerprint density at radius 2 is 1.85 bits per heavy atom. The van der Waals surface area contributed by atoms with Gasteiger partial charge in [0.15, 0.2) is 8.32 Å². The Labute approximate surface area is 239 Å². The zero-order chi connectivity index (χ0) is 29.7. The molecule has 2 fully saturated rings. The van der Waals surface area contributed by atoms with E-state index in [2.05, 4.69) is 44.5 Å². The minimum Gasteiger partial charge on any atom is -0.411 e. The second kappa shape index (κ2) is 10.8. The molecule has 8 nitrogen and oxygen atoms in total. The normalized spacial score (nSPS) is 22.3. The number of alkyl halides is 3. The number of nitrogens with zero attached hydrogens (tertiary/aromatic N) is 2. The number of fused-ring (bicyclic) bond motifs is 1. The summed E-state index contributed by atoms with van der Waals surface area (Å²) < 4.78 is 54.0. The lowest BCUT2D eigenvalue weighted by Crippen LogP contribution is -2.51. The van der Waals surface area contributed by atoms with E-state index in [1.807, 2.05) is 4.68 Å². The highest BCUT2D eigenvalue weighted by Gasteiger charge is 2.49. The van der Waals surface area contributed by atoms with Crippen LogP contribution in [0.1, 0.15) is 85.6 Å². The van der Waals surface area contributed by atoms with Gasteiger partial charge in [0, 0.05) is 30.3 Å². The summed E-state index contributed by atoms with van der Waals surface area (Å²) in [5.74, 6) is -0.691. The van der Waals surface area contributed by atoms with Gasteiger partial charge in [-0.25, -0.2) is 4.68 Å². The number of rotatable bonds is 7. The summed E-state index contributed by atoms with van der Waals surface area (Å²) in [7, 11) is -2.14. The minimum atomic E-state index is -4.58. The van der Waals surface area contributed by atoms with Gasteiger partial charge in [-0.1, -0.05) is 26.8 Å². The van der Waals surface area contributed by atoms with E-state index in [0.717, 1.165) is 49.1 Å². The molecule has 1 aromatic heterocycles. The molecule has 1 saturated carbocycles. The number of ether oxygens (including phenoxy) is 1. The third-order valence-corrected chi connectivity index (χ3v) is 13.5.